The molecule has 0 aliphatic carbocycles. The zero-order valence-corrected chi connectivity index (χ0v) is 65.0. The number of ether oxygens (including phenoxy) is 4. The van der Waals surface area contributed by atoms with E-state index in [0.717, 1.165) is 102 Å². The van der Waals surface area contributed by atoms with Crippen LogP contribution < -0.4 is 0 Å². The fraction of sp³-hybridized carbons (Fsp3) is 0.949. The molecule has 0 heterocycles. The molecule has 17 nitrogen and oxygen atoms in total. The number of esters is 4. The van der Waals surface area contributed by atoms with Gasteiger partial charge in [-0.25, -0.2) is 9.13 Å². The van der Waals surface area contributed by atoms with E-state index in [2.05, 4.69) is 34.6 Å². The second kappa shape index (κ2) is 71.1. The summed E-state index contributed by atoms with van der Waals surface area (Å²) in [7, 11) is -9.90. The molecule has 0 spiro atoms. The van der Waals surface area contributed by atoms with Crippen molar-refractivity contribution in [3.05, 3.63) is 0 Å². The highest BCUT2D eigenvalue weighted by atomic mass is 31.2. The zero-order chi connectivity index (χ0) is 71.2. The van der Waals surface area contributed by atoms with Crippen LogP contribution in [0.15, 0.2) is 0 Å². The minimum atomic E-state index is -4.96. The van der Waals surface area contributed by atoms with Crippen LogP contribution in [0.25, 0.3) is 0 Å². The Morgan fingerprint density at radius 1 is 0.289 bits per heavy atom. The molecular formula is C78H152O17P2. The molecule has 0 amide bonds. The van der Waals surface area contributed by atoms with Crippen molar-refractivity contribution >= 4 is 39.5 Å². The SMILES string of the molecule is CCCCCCCCCCCCCCCCCCCCCC(=O)OC[C@H](COP(=O)(O)OC[C@@H](O)COP(=O)(O)OC[C@@H](COC(=O)CCCCCCC)OC(=O)CCCCCCCCCCCCC)OC(=O)CCCCCCCCCCCCCCCCCCCCC(C)CC. The molecule has 0 saturated heterocycles. The van der Waals surface area contributed by atoms with Crippen molar-refractivity contribution in [3.63, 3.8) is 0 Å². The van der Waals surface area contributed by atoms with Gasteiger partial charge in [0.05, 0.1) is 26.4 Å². The second-order valence-electron chi connectivity index (χ2n) is 28.3. The molecule has 576 valence electrons. The number of unbranched alkanes of at least 4 members (excludes halogenated alkanes) is 49. The van der Waals surface area contributed by atoms with E-state index in [4.69, 9.17) is 37.0 Å². The first-order valence-electron chi connectivity index (χ1n) is 40.7. The van der Waals surface area contributed by atoms with E-state index in [9.17, 15) is 43.2 Å². The summed E-state index contributed by atoms with van der Waals surface area (Å²) in [6.07, 6.45) is 61.6. The van der Waals surface area contributed by atoms with Gasteiger partial charge in [0, 0.05) is 25.7 Å². The highest BCUT2D eigenvalue weighted by Gasteiger charge is 2.30. The topological polar surface area (TPSA) is 237 Å². The number of hydrogen-bond acceptors (Lipinski definition) is 15. The summed E-state index contributed by atoms with van der Waals surface area (Å²) in [4.78, 5) is 72.5. The van der Waals surface area contributed by atoms with Crippen LogP contribution in [0.2, 0.25) is 0 Å². The van der Waals surface area contributed by atoms with Gasteiger partial charge in [-0.05, 0) is 31.6 Å². The van der Waals surface area contributed by atoms with Crippen LogP contribution in [0.1, 0.15) is 413 Å². The Hall–Kier alpha value is -1.94. The summed E-state index contributed by atoms with van der Waals surface area (Å²) in [5, 5.41) is 10.6. The lowest BCUT2D eigenvalue weighted by molar-refractivity contribution is -0.161. The van der Waals surface area contributed by atoms with E-state index >= 15 is 0 Å². The third-order valence-corrected chi connectivity index (χ3v) is 20.5. The quantitative estimate of drug-likeness (QED) is 0.0222. The van der Waals surface area contributed by atoms with Crippen molar-refractivity contribution in [2.45, 2.75) is 432 Å². The summed E-state index contributed by atoms with van der Waals surface area (Å²) in [5.41, 5.74) is 0. The van der Waals surface area contributed by atoms with Gasteiger partial charge in [-0.2, -0.15) is 0 Å². The number of aliphatic hydroxyl groups excluding tert-OH is 1. The Labute approximate surface area is 594 Å². The maximum Gasteiger partial charge on any atom is 0.472 e. The zero-order valence-electron chi connectivity index (χ0n) is 63.2. The van der Waals surface area contributed by atoms with Crippen LogP contribution >= 0.6 is 15.6 Å². The van der Waals surface area contributed by atoms with Gasteiger partial charge in [-0.15, -0.1) is 0 Å². The third kappa shape index (κ3) is 70.9. The molecule has 0 aliphatic rings. The van der Waals surface area contributed by atoms with Gasteiger partial charge < -0.3 is 33.8 Å². The van der Waals surface area contributed by atoms with Crippen molar-refractivity contribution in [3.8, 4) is 0 Å². The number of phosphoric acid groups is 2. The number of carbonyl (C=O) groups is 4. The van der Waals surface area contributed by atoms with Gasteiger partial charge in [0.2, 0.25) is 0 Å². The molecule has 0 aromatic heterocycles. The second-order valence-corrected chi connectivity index (χ2v) is 31.3. The molecule has 3 N–H and O–H groups in total. The highest BCUT2D eigenvalue weighted by Crippen LogP contribution is 2.45. The lowest BCUT2D eigenvalue weighted by atomic mass is 9.99. The smallest absolute Gasteiger partial charge is 0.462 e. The molecule has 0 aromatic carbocycles. The van der Waals surface area contributed by atoms with Gasteiger partial charge in [0.25, 0.3) is 0 Å². The molecule has 0 fully saturated rings. The fourth-order valence-corrected chi connectivity index (χ4v) is 13.6. The third-order valence-electron chi connectivity index (χ3n) is 18.6. The number of phosphoric ester groups is 2. The molecule has 97 heavy (non-hydrogen) atoms. The van der Waals surface area contributed by atoms with Crippen LogP contribution in [-0.4, -0.2) is 96.7 Å². The maximum atomic E-state index is 13.1. The average molecular weight is 1420 g/mol. The van der Waals surface area contributed by atoms with Crippen LogP contribution in [0.5, 0.6) is 0 Å². The van der Waals surface area contributed by atoms with Crippen molar-refractivity contribution in [2.24, 2.45) is 5.92 Å². The van der Waals surface area contributed by atoms with E-state index in [-0.39, 0.29) is 25.7 Å². The largest absolute Gasteiger partial charge is 0.472 e. The summed E-state index contributed by atoms with van der Waals surface area (Å²) in [5.74, 6) is -1.25. The van der Waals surface area contributed by atoms with Crippen molar-refractivity contribution in [2.75, 3.05) is 39.6 Å². The van der Waals surface area contributed by atoms with Gasteiger partial charge in [-0.3, -0.25) is 37.3 Å². The molecule has 0 bridgehead atoms. The lowest BCUT2D eigenvalue weighted by Crippen LogP contribution is -2.30. The van der Waals surface area contributed by atoms with E-state index < -0.39 is 97.5 Å². The monoisotopic (exact) mass is 1420 g/mol. The van der Waals surface area contributed by atoms with E-state index in [1.807, 2.05) is 0 Å². The highest BCUT2D eigenvalue weighted by molar-refractivity contribution is 7.47. The number of hydrogen-bond donors (Lipinski definition) is 3. The standard InChI is InChI=1S/C78H152O17P2/c1-6-10-13-16-18-20-22-23-24-25-26-30-33-36-40-43-47-52-57-62-76(81)89-68-74(95-78(83)64-59-54-49-45-41-37-34-31-28-27-29-32-35-39-42-46-51-55-60-71(5)9-4)70-93-97(86,87)91-66-72(79)65-90-96(84,85)92-69-73(67-88-75(80)61-56-50-15-12-8-3)94-77(82)63-58-53-48-44-38-21-19-17-14-11-7-2/h71-74,79H,6-70H2,1-5H3,(H,84,85)(H,86,87)/t71?,72-,73+,74+/m0/s1. The normalized spacial score (nSPS) is 14.2. The Kier molecular flexibility index (Phi) is 69.6. The summed E-state index contributed by atoms with van der Waals surface area (Å²) >= 11 is 0. The van der Waals surface area contributed by atoms with Gasteiger partial charge in [-0.1, -0.05) is 362 Å². The minimum absolute atomic E-state index is 0.106. The number of carbonyl (C=O) groups excluding carboxylic acids is 4. The van der Waals surface area contributed by atoms with Crippen molar-refractivity contribution in [1.29, 1.82) is 0 Å². The van der Waals surface area contributed by atoms with E-state index in [1.165, 1.54) is 231 Å². The molecule has 0 saturated carbocycles. The van der Waals surface area contributed by atoms with Crippen LogP contribution in [0.4, 0.5) is 0 Å². The van der Waals surface area contributed by atoms with Gasteiger partial charge in [0.1, 0.15) is 19.3 Å². The lowest BCUT2D eigenvalue weighted by Gasteiger charge is -2.21. The molecule has 0 aromatic rings. The van der Waals surface area contributed by atoms with E-state index in [0.29, 0.717) is 25.7 Å². The van der Waals surface area contributed by atoms with Gasteiger partial charge >= 0.3 is 39.5 Å². The first-order valence-corrected chi connectivity index (χ1v) is 43.7. The Morgan fingerprint density at radius 2 is 0.495 bits per heavy atom. The molecular weight excluding hydrogens is 1270 g/mol. The average Bonchev–Trinajstić information content (AvgIpc) is 1.18. The Balaban J connectivity index is 5.10. The summed E-state index contributed by atoms with van der Waals surface area (Å²) in [6, 6.07) is 0. The predicted molar refractivity (Wildman–Crippen MR) is 395 cm³/mol. The first-order chi connectivity index (χ1) is 47.1. The molecule has 0 aliphatic heterocycles. The summed E-state index contributed by atoms with van der Waals surface area (Å²) < 4.78 is 68.3. The van der Waals surface area contributed by atoms with Gasteiger partial charge in [0.15, 0.2) is 12.2 Å². The molecule has 3 unspecified atom stereocenters. The van der Waals surface area contributed by atoms with Crippen molar-refractivity contribution in [1.82, 2.24) is 0 Å². The van der Waals surface area contributed by atoms with Crippen LogP contribution in [-0.2, 0) is 65.4 Å². The predicted octanol–water partition coefficient (Wildman–Crippen LogP) is 23.3. The van der Waals surface area contributed by atoms with Crippen LogP contribution in [0.3, 0.4) is 0 Å². The fourth-order valence-electron chi connectivity index (χ4n) is 12.0. The molecule has 6 atom stereocenters. The molecule has 0 radical (unpaired) electrons. The van der Waals surface area contributed by atoms with Crippen molar-refractivity contribution < 1.29 is 80.2 Å². The van der Waals surface area contributed by atoms with Crippen LogP contribution in [0, 0.1) is 5.92 Å². The minimum Gasteiger partial charge on any atom is -0.462 e. The molecule has 0 rings (SSSR count). The summed E-state index contributed by atoms with van der Waals surface area (Å²) in [6.45, 7) is 7.27. The molecule has 19 heteroatoms. The maximum absolute atomic E-state index is 13.1. The number of rotatable bonds is 78. The Bertz CT molecular complexity index is 1860. The van der Waals surface area contributed by atoms with E-state index in [1.54, 1.807) is 0 Å². The first kappa shape index (κ1) is 95.1. The Morgan fingerprint density at radius 3 is 0.732 bits per heavy atom. The number of aliphatic hydroxyl groups is 1.